The summed E-state index contributed by atoms with van der Waals surface area (Å²) >= 11 is 0. The molecule has 20 heavy (non-hydrogen) atoms. The number of aliphatic hydroxyl groups excluding tert-OH is 1. The van der Waals surface area contributed by atoms with Gasteiger partial charge in [-0.3, -0.25) is 0 Å². The molecule has 0 saturated heterocycles. The van der Waals surface area contributed by atoms with Gasteiger partial charge in [-0.05, 0) is 12.1 Å². The van der Waals surface area contributed by atoms with E-state index in [1.54, 1.807) is 19.4 Å². The molecule has 0 fully saturated rings. The molecule has 0 aliphatic heterocycles. The summed E-state index contributed by atoms with van der Waals surface area (Å²) in [6.07, 6.45) is 1.60. The van der Waals surface area contributed by atoms with Crippen LogP contribution in [0.3, 0.4) is 0 Å². The number of benzene rings is 1. The second kappa shape index (κ2) is 7.12. The van der Waals surface area contributed by atoms with Gasteiger partial charge in [-0.1, -0.05) is 25.1 Å². The van der Waals surface area contributed by atoms with Gasteiger partial charge >= 0.3 is 0 Å². The molecule has 0 saturated carbocycles. The third-order valence-electron chi connectivity index (χ3n) is 3.15. The van der Waals surface area contributed by atoms with Crippen LogP contribution in [0.4, 0.5) is 0 Å². The van der Waals surface area contributed by atoms with Crippen molar-refractivity contribution >= 4 is 0 Å². The Labute approximate surface area is 118 Å². The summed E-state index contributed by atoms with van der Waals surface area (Å²) in [6, 6.07) is 9.27. The topological polar surface area (TPSA) is 51.8 Å². The smallest absolute Gasteiger partial charge is 0.125 e. The maximum absolute atomic E-state index is 10.6. The molecule has 1 aromatic heterocycles. The Morgan fingerprint density at radius 3 is 2.70 bits per heavy atom. The lowest BCUT2D eigenvalue weighted by Crippen LogP contribution is -2.08. The second-order valence-corrected chi connectivity index (χ2v) is 4.43. The number of hydrogen-bond donors (Lipinski definition) is 1. The Kier molecular flexibility index (Phi) is 5.21. The Hall–Kier alpha value is -1.78. The minimum Gasteiger partial charge on any atom is -0.491 e. The van der Waals surface area contributed by atoms with E-state index in [-0.39, 0.29) is 0 Å². The molecule has 1 unspecified atom stereocenters. The van der Waals surface area contributed by atoms with Crippen LogP contribution in [0.1, 0.15) is 29.9 Å². The number of ether oxygens (including phenoxy) is 2. The molecule has 1 N–H and O–H groups in total. The summed E-state index contributed by atoms with van der Waals surface area (Å²) < 4.78 is 16.0. The van der Waals surface area contributed by atoms with Crippen molar-refractivity contribution < 1.29 is 19.0 Å². The minimum absolute atomic E-state index is 0.451. The van der Waals surface area contributed by atoms with Gasteiger partial charge in [0.1, 0.15) is 24.2 Å². The van der Waals surface area contributed by atoms with Crippen LogP contribution in [-0.2, 0) is 11.2 Å². The normalized spacial score (nSPS) is 12.3. The molecule has 0 amide bonds. The molecule has 0 radical (unpaired) electrons. The minimum atomic E-state index is -0.748. The van der Waals surface area contributed by atoms with E-state index in [0.29, 0.717) is 19.0 Å². The molecule has 2 aromatic rings. The zero-order valence-corrected chi connectivity index (χ0v) is 11.8. The summed E-state index contributed by atoms with van der Waals surface area (Å²) in [5, 5.41) is 10.6. The van der Waals surface area contributed by atoms with Crippen LogP contribution < -0.4 is 4.74 Å². The van der Waals surface area contributed by atoms with E-state index in [0.717, 1.165) is 23.3 Å². The summed E-state index contributed by atoms with van der Waals surface area (Å²) in [5.41, 5.74) is 1.52. The predicted octanol–water partition coefficient (Wildman–Crippen LogP) is 2.95. The number of hydrogen-bond acceptors (Lipinski definition) is 4. The lowest BCUT2D eigenvalue weighted by molar-refractivity contribution is 0.142. The highest BCUT2D eigenvalue weighted by molar-refractivity contribution is 5.41. The average molecular weight is 276 g/mol. The number of methoxy groups -OCH3 is 1. The van der Waals surface area contributed by atoms with Gasteiger partial charge < -0.3 is 19.0 Å². The molecule has 0 spiro atoms. The van der Waals surface area contributed by atoms with Crippen LogP contribution >= 0.6 is 0 Å². The van der Waals surface area contributed by atoms with Gasteiger partial charge in [0, 0.05) is 24.7 Å². The summed E-state index contributed by atoms with van der Waals surface area (Å²) in [5.74, 6) is 1.46. The van der Waals surface area contributed by atoms with Gasteiger partial charge in [0.25, 0.3) is 0 Å². The van der Waals surface area contributed by atoms with Crippen LogP contribution in [0.5, 0.6) is 5.75 Å². The van der Waals surface area contributed by atoms with Crippen molar-refractivity contribution in [2.75, 3.05) is 20.3 Å². The van der Waals surface area contributed by atoms with Gasteiger partial charge in [-0.25, -0.2) is 0 Å². The van der Waals surface area contributed by atoms with E-state index in [1.807, 2.05) is 31.2 Å². The molecule has 0 aliphatic carbocycles. The van der Waals surface area contributed by atoms with E-state index in [4.69, 9.17) is 13.9 Å². The molecule has 1 atom stereocenters. The first-order chi connectivity index (χ1) is 9.77. The SMILES string of the molecule is CCc1occc1C(O)c1ccccc1OCCOC. The lowest BCUT2D eigenvalue weighted by atomic mass is 10.0. The van der Waals surface area contributed by atoms with Crippen LogP contribution in [0.15, 0.2) is 41.0 Å². The van der Waals surface area contributed by atoms with Gasteiger partial charge in [-0.2, -0.15) is 0 Å². The van der Waals surface area contributed by atoms with E-state index in [1.165, 1.54) is 0 Å². The summed E-state index contributed by atoms with van der Waals surface area (Å²) in [6.45, 7) is 2.96. The van der Waals surface area contributed by atoms with Crippen molar-refractivity contribution in [1.82, 2.24) is 0 Å². The largest absolute Gasteiger partial charge is 0.491 e. The molecule has 4 heteroatoms. The fourth-order valence-corrected chi connectivity index (χ4v) is 2.12. The number of aliphatic hydroxyl groups is 1. The van der Waals surface area contributed by atoms with Crippen molar-refractivity contribution in [2.45, 2.75) is 19.4 Å². The highest BCUT2D eigenvalue weighted by Gasteiger charge is 2.19. The molecule has 1 heterocycles. The Bertz CT molecular complexity index is 533. The molecule has 4 nitrogen and oxygen atoms in total. The Balaban J connectivity index is 2.23. The van der Waals surface area contributed by atoms with Crippen LogP contribution in [0.2, 0.25) is 0 Å². The van der Waals surface area contributed by atoms with Crippen LogP contribution in [-0.4, -0.2) is 25.4 Å². The van der Waals surface area contributed by atoms with Gasteiger partial charge in [0.05, 0.1) is 12.9 Å². The summed E-state index contributed by atoms with van der Waals surface area (Å²) in [4.78, 5) is 0. The molecular formula is C16H20O4. The Morgan fingerprint density at radius 1 is 1.15 bits per heavy atom. The third-order valence-corrected chi connectivity index (χ3v) is 3.15. The van der Waals surface area contributed by atoms with Crippen LogP contribution in [0.25, 0.3) is 0 Å². The Morgan fingerprint density at radius 2 is 1.95 bits per heavy atom. The first-order valence-corrected chi connectivity index (χ1v) is 6.73. The van der Waals surface area contributed by atoms with Crippen molar-refractivity contribution in [2.24, 2.45) is 0 Å². The van der Waals surface area contributed by atoms with E-state index < -0.39 is 6.10 Å². The highest BCUT2D eigenvalue weighted by atomic mass is 16.5. The van der Waals surface area contributed by atoms with Crippen LogP contribution in [0, 0.1) is 0 Å². The van der Waals surface area contributed by atoms with Crippen molar-refractivity contribution in [3.8, 4) is 5.75 Å². The number of para-hydroxylation sites is 1. The lowest BCUT2D eigenvalue weighted by Gasteiger charge is -2.16. The molecule has 0 bridgehead atoms. The van der Waals surface area contributed by atoms with Gasteiger partial charge in [-0.15, -0.1) is 0 Å². The van der Waals surface area contributed by atoms with Crippen molar-refractivity contribution in [3.05, 3.63) is 53.5 Å². The number of furan rings is 1. The van der Waals surface area contributed by atoms with E-state index in [9.17, 15) is 5.11 Å². The molecule has 0 aliphatic rings. The average Bonchev–Trinajstić information content (AvgIpc) is 2.96. The van der Waals surface area contributed by atoms with Gasteiger partial charge in [0.2, 0.25) is 0 Å². The predicted molar refractivity (Wildman–Crippen MR) is 76.0 cm³/mol. The van der Waals surface area contributed by atoms with Crippen molar-refractivity contribution in [3.63, 3.8) is 0 Å². The first kappa shape index (κ1) is 14.6. The fourth-order valence-electron chi connectivity index (χ4n) is 2.12. The third kappa shape index (κ3) is 3.21. The number of rotatable bonds is 7. The first-order valence-electron chi connectivity index (χ1n) is 6.73. The molecule has 2 rings (SSSR count). The second-order valence-electron chi connectivity index (χ2n) is 4.43. The highest BCUT2D eigenvalue weighted by Crippen LogP contribution is 2.32. The van der Waals surface area contributed by atoms with Gasteiger partial charge in [0.15, 0.2) is 0 Å². The monoisotopic (exact) mass is 276 g/mol. The fraction of sp³-hybridized carbons (Fsp3) is 0.375. The van der Waals surface area contributed by atoms with E-state index in [2.05, 4.69) is 0 Å². The maximum atomic E-state index is 10.6. The maximum Gasteiger partial charge on any atom is 0.125 e. The standard InChI is InChI=1S/C16H20O4/c1-3-14-13(8-9-19-14)16(17)12-6-4-5-7-15(12)20-11-10-18-2/h4-9,16-17H,3,10-11H2,1-2H3. The van der Waals surface area contributed by atoms with E-state index >= 15 is 0 Å². The zero-order chi connectivity index (χ0) is 14.4. The summed E-state index contributed by atoms with van der Waals surface area (Å²) in [7, 11) is 1.63. The molecular weight excluding hydrogens is 256 g/mol. The zero-order valence-electron chi connectivity index (χ0n) is 11.8. The quantitative estimate of drug-likeness (QED) is 0.790. The molecule has 1 aromatic carbocycles. The number of aryl methyl sites for hydroxylation is 1. The van der Waals surface area contributed by atoms with Crippen molar-refractivity contribution in [1.29, 1.82) is 0 Å². The molecule has 108 valence electrons.